The van der Waals surface area contributed by atoms with E-state index in [1.54, 1.807) is 6.33 Å². The van der Waals surface area contributed by atoms with Crippen molar-refractivity contribution in [2.45, 2.75) is 37.8 Å². The second-order valence-corrected chi connectivity index (χ2v) is 5.29. The van der Waals surface area contributed by atoms with Gasteiger partial charge in [0.2, 0.25) is 0 Å². The molecule has 1 saturated heterocycles. The summed E-state index contributed by atoms with van der Waals surface area (Å²) >= 11 is 0. The number of nitrogens with zero attached hydrogens (tertiary/aromatic N) is 3. The predicted octanol–water partition coefficient (Wildman–Crippen LogP) is 1.24. The van der Waals surface area contributed by atoms with Crippen LogP contribution in [-0.4, -0.2) is 42.2 Å². The molecule has 3 rings (SSSR count). The van der Waals surface area contributed by atoms with Gasteiger partial charge in [0.05, 0.1) is 0 Å². The molecule has 18 heavy (non-hydrogen) atoms. The highest BCUT2D eigenvalue weighted by Gasteiger charge is 2.21. The van der Waals surface area contributed by atoms with Crippen LogP contribution in [0.25, 0.3) is 0 Å². The summed E-state index contributed by atoms with van der Waals surface area (Å²) in [6.45, 7) is 2.15. The van der Waals surface area contributed by atoms with Gasteiger partial charge < -0.3 is 15.5 Å². The van der Waals surface area contributed by atoms with Crippen LogP contribution in [0.5, 0.6) is 0 Å². The molecule has 1 unspecified atom stereocenters. The Balaban J connectivity index is 1.68. The van der Waals surface area contributed by atoms with Crippen molar-refractivity contribution in [2.24, 2.45) is 0 Å². The zero-order valence-corrected chi connectivity index (χ0v) is 10.9. The average molecular weight is 247 g/mol. The summed E-state index contributed by atoms with van der Waals surface area (Å²) in [5.41, 5.74) is 0. The van der Waals surface area contributed by atoms with Gasteiger partial charge in [0.15, 0.2) is 0 Å². The van der Waals surface area contributed by atoms with Crippen molar-refractivity contribution >= 4 is 11.6 Å². The summed E-state index contributed by atoms with van der Waals surface area (Å²) in [6.07, 6.45) is 6.72. The third-order valence-corrected chi connectivity index (χ3v) is 4.05. The van der Waals surface area contributed by atoms with Gasteiger partial charge in [-0.3, -0.25) is 0 Å². The van der Waals surface area contributed by atoms with E-state index < -0.39 is 0 Å². The molecule has 0 amide bonds. The number of hydrogen-bond acceptors (Lipinski definition) is 5. The minimum atomic E-state index is 0.552. The van der Waals surface area contributed by atoms with E-state index in [2.05, 4.69) is 38.6 Å². The fourth-order valence-electron chi connectivity index (χ4n) is 2.54. The van der Waals surface area contributed by atoms with Crippen molar-refractivity contribution in [3.8, 4) is 0 Å². The number of nitrogens with one attached hydrogen (secondary N) is 2. The Morgan fingerprint density at radius 2 is 2.22 bits per heavy atom. The van der Waals surface area contributed by atoms with Gasteiger partial charge in [-0.15, -0.1) is 0 Å². The van der Waals surface area contributed by atoms with Crippen LogP contribution in [0.3, 0.4) is 0 Å². The standard InChI is InChI=1S/C13H21N5/c1-18(11-5-6-14-8-11)13-7-12(15-9-16-13)17-10-3-2-4-10/h7,9-11,14H,2-6,8H2,1H3,(H,15,16,17). The van der Waals surface area contributed by atoms with Gasteiger partial charge in [0.1, 0.15) is 18.0 Å². The second-order valence-electron chi connectivity index (χ2n) is 5.29. The lowest BCUT2D eigenvalue weighted by Crippen LogP contribution is -2.34. The molecule has 1 atom stereocenters. The van der Waals surface area contributed by atoms with E-state index >= 15 is 0 Å². The van der Waals surface area contributed by atoms with Crippen molar-refractivity contribution in [3.63, 3.8) is 0 Å². The lowest BCUT2D eigenvalue weighted by Gasteiger charge is -2.28. The fraction of sp³-hybridized carbons (Fsp3) is 0.692. The first-order valence-electron chi connectivity index (χ1n) is 6.85. The van der Waals surface area contributed by atoms with Crippen LogP contribution in [0.2, 0.25) is 0 Å². The molecule has 0 radical (unpaired) electrons. The van der Waals surface area contributed by atoms with Gasteiger partial charge in [-0.05, 0) is 32.2 Å². The molecular formula is C13H21N5. The third kappa shape index (κ3) is 2.41. The summed E-state index contributed by atoms with van der Waals surface area (Å²) in [5, 5.41) is 6.86. The van der Waals surface area contributed by atoms with E-state index in [-0.39, 0.29) is 0 Å². The topological polar surface area (TPSA) is 53.1 Å². The Morgan fingerprint density at radius 3 is 2.89 bits per heavy atom. The second kappa shape index (κ2) is 5.10. The zero-order valence-electron chi connectivity index (χ0n) is 10.9. The largest absolute Gasteiger partial charge is 0.367 e. The van der Waals surface area contributed by atoms with Gasteiger partial charge >= 0.3 is 0 Å². The molecule has 1 aliphatic carbocycles. The number of aromatic nitrogens is 2. The van der Waals surface area contributed by atoms with Crippen LogP contribution in [0.1, 0.15) is 25.7 Å². The normalized spacial score (nSPS) is 23.7. The van der Waals surface area contributed by atoms with Crippen LogP contribution in [-0.2, 0) is 0 Å². The maximum Gasteiger partial charge on any atom is 0.134 e. The van der Waals surface area contributed by atoms with Crippen molar-refractivity contribution in [1.29, 1.82) is 0 Å². The molecule has 0 aromatic carbocycles. The van der Waals surface area contributed by atoms with Crippen molar-refractivity contribution in [3.05, 3.63) is 12.4 Å². The number of anilines is 2. The van der Waals surface area contributed by atoms with E-state index in [4.69, 9.17) is 0 Å². The first kappa shape index (κ1) is 11.7. The Bertz CT molecular complexity index is 398. The van der Waals surface area contributed by atoms with Crippen molar-refractivity contribution in [1.82, 2.24) is 15.3 Å². The quantitative estimate of drug-likeness (QED) is 0.838. The monoisotopic (exact) mass is 247 g/mol. The molecule has 5 heteroatoms. The van der Waals surface area contributed by atoms with Gasteiger partial charge in [-0.1, -0.05) is 0 Å². The maximum absolute atomic E-state index is 4.38. The van der Waals surface area contributed by atoms with E-state index in [1.165, 1.54) is 25.7 Å². The molecule has 0 bridgehead atoms. The van der Waals surface area contributed by atoms with Gasteiger partial charge in [0, 0.05) is 31.7 Å². The summed E-state index contributed by atoms with van der Waals surface area (Å²) in [7, 11) is 2.12. The van der Waals surface area contributed by atoms with Crippen LogP contribution in [0.15, 0.2) is 12.4 Å². The van der Waals surface area contributed by atoms with Crippen LogP contribution in [0.4, 0.5) is 11.6 Å². The van der Waals surface area contributed by atoms with Crippen molar-refractivity contribution in [2.75, 3.05) is 30.4 Å². The first-order chi connectivity index (χ1) is 8.83. The lowest BCUT2D eigenvalue weighted by molar-refractivity contribution is 0.444. The minimum absolute atomic E-state index is 0.552. The van der Waals surface area contributed by atoms with Gasteiger partial charge in [-0.25, -0.2) is 9.97 Å². The predicted molar refractivity (Wildman–Crippen MR) is 73.0 cm³/mol. The molecule has 1 aliphatic heterocycles. The highest BCUT2D eigenvalue weighted by Crippen LogP contribution is 2.24. The maximum atomic E-state index is 4.38. The summed E-state index contributed by atoms with van der Waals surface area (Å²) in [5.74, 6) is 1.98. The SMILES string of the molecule is CN(c1cc(NC2CCC2)ncn1)C1CCNC1. The zero-order chi connectivity index (χ0) is 12.4. The van der Waals surface area contributed by atoms with Crippen LogP contribution < -0.4 is 15.5 Å². The molecule has 1 aromatic heterocycles. The van der Waals surface area contributed by atoms with E-state index in [0.29, 0.717) is 12.1 Å². The minimum Gasteiger partial charge on any atom is -0.367 e. The van der Waals surface area contributed by atoms with Crippen molar-refractivity contribution < 1.29 is 0 Å². The third-order valence-electron chi connectivity index (χ3n) is 4.05. The molecule has 5 nitrogen and oxygen atoms in total. The average Bonchev–Trinajstić information content (AvgIpc) is 2.87. The molecule has 0 spiro atoms. The molecule has 2 aliphatic rings. The molecule has 1 saturated carbocycles. The molecule has 2 N–H and O–H groups in total. The molecule has 98 valence electrons. The first-order valence-corrected chi connectivity index (χ1v) is 6.85. The Kier molecular flexibility index (Phi) is 3.32. The Hall–Kier alpha value is -1.36. The molecular weight excluding hydrogens is 226 g/mol. The summed E-state index contributed by atoms with van der Waals surface area (Å²) in [6, 6.07) is 3.24. The summed E-state index contributed by atoms with van der Waals surface area (Å²) < 4.78 is 0. The summed E-state index contributed by atoms with van der Waals surface area (Å²) in [4.78, 5) is 10.9. The Morgan fingerprint density at radius 1 is 1.33 bits per heavy atom. The van der Waals surface area contributed by atoms with E-state index in [1.807, 2.05) is 0 Å². The molecule has 1 aromatic rings. The smallest absolute Gasteiger partial charge is 0.134 e. The Labute approximate surface area is 108 Å². The molecule has 2 heterocycles. The van der Waals surface area contributed by atoms with Crippen LogP contribution >= 0.6 is 0 Å². The highest BCUT2D eigenvalue weighted by molar-refractivity contribution is 5.49. The number of likely N-dealkylation sites (N-methyl/N-ethyl adjacent to an activating group) is 1. The van der Waals surface area contributed by atoms with E-state index in [9.17, 15) is 0 Å². The van der Waals surface area contributed by atoms with Crippen LogP contribution in [0, 0.1) is 0 Å². The lowest BCUT2D eigenvalue weighted by atomic mass is 9.93. The van der Waals surface area contributed by atoms with E-state index in [0.717, 1.165) is 24.7 Å². The fourth-order valence-corrected chi connectivity index (χ4v) is 2.54. The van der Waals surface area contributed by atoms with Gasteiger partial charge in [0.25, 0.3) is 0 Å². The highest BCUT2D eigenvalue weighted by atomic mass is 15.2. The number of hydrogen-bond donors (Lipinski definition) is 2. The van der Waals surface area contributed by atoms with Gasteiger partial charge in [-0.2, -0.15) is 0 Å². The number of rotatable bonds is 4. The molecule has 2 fully saturated rings.